The predicted molar refractivity (Wildman–Crippen MR) is 89.1 cm³/mol. The van der Waals surface area contributed by atoms with Crippen molar-refractivity contribution in [2.75, 3.05) is 13.1 Å². The Morgan fingerprint density at radius 2 is 1.86 bits per heavy atom. The fourth-order valence-corrected chi connectivity index (χ4v) is 4.18. The zero-order valence-electron chi connectivity index (χ0n) is 13.1. The van der Waals surface area contributed by atoms with Crippen LogP contribution in [0.5, 0.6) is 0 Å². The number of aryl methyl sites for hydroxylation is 1. The van der Waals surface area contributed by atoms with E-state index in [-0.39, 0.29) is 5.91 Å². The summed E-state index contributed by atoms with van der Waals surface area (Å²) in [6, 6.07) is 9.69. The first kappa shape index (κ1) is 15.2. The van der Waals surface area contributed by atoms with Gasteiger partial charge in [-0.25, -0.2) is 4.98 Å². The van der Waals surface area contributed by atoms with Gasteiger partial charge in [0.1, 0.15) is 0 Å². The van der Waals surface area contributed by atoms with Crippen molar-refractivity contribution in [3.05, 3.63) is 41.9 Å². The van der Waals surface area contributed by atoms with Crippen molar-refractivity contribution in [3.63, 3.8) is 0 Å². The van der Waals surface area contributed by atoms with Crippen molar-refractivity contribution >= 4 is 17.7 Å². The molecule has 0 radical (unpaired) electrons. The Morgan fingerprint density at radius 1 is 1.23 bits per heavy atom. The lowest BCUT2D eigenvalue weighted by molar-refractivity contribution is 0.0748. The van der Waals surface area contributed by atoms with E-state index >= 15 is 0 Å². The molecule has 1 aromatic carbocycles. The smallest absolute Gasteiger partial charge is 0.276 e. The number of carbonyl (C=O) groups excluding carboxylic acids is 1. The quantitative estimate of drug-likeness (QED) is 0.849. The number of carbonyl (C=O) groups is 1. The van der Waals surface area contributed by atoms with Crippen LogP contribution in [-0.2, 0) is 0 Å². The first-order chi connectivity index (χ1) is 10.5. The van der Waals surface area contributed by atoms with Crippen LogP contribution in [0.15, 0.2) is 34.7 Å². The molecule has 0 N–H and O–H groups in total. The van der Waals surface area contributed by atoms with Crippen molar-refractivity contribution in [1.82, 2.24) is 9.88 Å². The predicted octanol–water partition coefficient (Wildman–Crippen LogP) is 3.62. The van der Waals surface area contributed by atoms with Gasteiger partial charge in [-0.05, 0) is 0 Å². The van der Waals surface area contributed by atoms with E-state index in [4.69, 9.17) is 4.42 Å². The Labute approximate surface area is 134 Å². The number of thioether (sulfide) groups is 1. The number of benzene rings is 1. The lowest BCUT2D eigenvalue weighted by atomic mass is 10.1. The van der Waals surface area contributed by atoms with Gasteiger partial charge in [0.05, 0.1) is 0 Å². The van der Waals surface area contributed by atoms with Crippen molar-refractivity contribution in [3.8, 4) is 11.3 Å². The summed E-state index contributed by atoms with van der Waals surface area (Å²) in [4.78, 5) is 19.1. The Kier molecular flexibility index (Phi) is 4.25. The van der Waals surface area contributed by atoms with Crippen LogP contribution in [0.25, 0.3) is 11.3 Å². The molecule has 1 aromatic heterocycles. The van der Waals surface area contributed by atoms with E-state index in [0.29, 0.717) is 27.8 Å². The molecule has 116 valence electrons. The minimum Gasteiger partial charge on any atom is -0.440 e. The summed E-state index contributed by atoms with van der Waals surface area (Å²) in [5.41, 5.74) is 1.31. The molecular weight excluding hydrogens is 296 g/mol. The van der Waals surface area contributed by atoms with Crippen LogP contribution in [0.2, 0.25) is 0 Å². The van der Waals surface area contributed by atoms with Gasteiger partial charge in [0, 0.05) is 36.1 Å². The fourth-order valence-electron chi connectivity index (χ4n) is 2.85. The van der Waals surface area contributed by atoms with Crippen LogP contribution in [0.3, 0.4) is 0 Å². The largest absolute Gasteiger partial charge is 0.440 e. The molecule has 2 aromatic rings. The molecule has 1 aliphatic rings. The average Bonchev–Trinajstić information content (AvgIpc) is 2.88. The normalized spacial score (nSPS) is 21.9. The number of oxazole rings is 1. The van der Waals surface area contributed by atoms with Gasteiger partial charge in [0.15, 0.2) is 17.3 Å². The number of hydrogen-bond acceptors (Lipinski definition) is 4. The lowest BCUT2D eigenvalue weighted by Crippen LogP contribution is -2.44. The molecule has 3 rings (SSSR count). The van der Waals surface area contributed by atoms with Gasteiger partial charge in [-0.2, -0.15) is 11.8 Å². The molecule has 2 heterocycles. The molecule has 1 fully saturated rings. The highest BCUT2D eigenvalue weighted by Crippen LogP contribution is 2.29. The highest BCUT2D eigenvalue weighted by atomic mass is 32.2. The molecule has 22 heavy (non-hydrogen) atoms. The Morgan fingerprint density at radius 3 is 2.50 bits per heavy atom. The lowest BCUT2D eigenvalue weighted by Gasteiger charge is -2.34. The maximum absolute atomic E-state index is 12.9. The number of rotatable bonds is 2. The van der Waals surface area contributed by atoms with Gasteiger partial charge in [-0.1, -0.05) is 44.2 Å². The van der Waals surface area contributed by atoms with E-state index in [1.165, 1.54) is 0 Å². The van der Waals surface area contributed by atoms with Gasteiger partial charge < -0.3 is 9.32 Å². The zero-order valence-corrected chi connectivity index (χ0v) is 13.9. The Balaban J connectivity index is 1.93. The second kappa shape index (κ2) is 6.16. The maximum Gasteiger partial charge on any atom is 0.276 e. The summed E-state index contributed by atoms with van der Waals surface area (Å²) in [5, 5.41) is 0.891. The third-order valence-corrected chi connectivity index (χ3v) is 4.91. The SMILES string of the molecule is Cc1nc(C(=O)N2C[C@H](C)S[C@@H](C)C2)c(-c2ccccc2)o1. The van der Waals surface area contributed by atoms with Crippen molar-refractivity contribution in [2.24, 2.45) is 0 Å². The summed E-state index contributed by atoms with van der Waals surface area (Å²) in [7, 11) is 0. The molecule has 2 atom stereocenters. The first-order valence-corrected chi connectivity index (χ1v) is 8.46. The van der Waals surface area contributed by atoms with E-state index < -0.39 is 0 Å². The number of hydrogen-bond donors (Lipinski definition) is 0. The number of amides is 1. The van der Waals surface area contributed by atoms with Crippen LogP contribution in [-0.4, -0.2) is 39.4 Å². The molecule has 5 heteroatoms. The van der Waals surface area contributed by atoms with Crippen LogP contribution in [0, 0.1) is 6.92 Å². The summed E-state index contributed by atoms with van der Waals surface area (Å²) < 4.78 is 5.70. The molecular formula is C17H20N2O2S. The monoisotopic (exact) mass is 316 g/mol. The Bertz CT molecular complexity index is 659. The third-order valence-electron chi connectivity index (χ3n) is 3.68. The van der Waals surface area contributed by atoms with Crippen molar-refractivity contribution < 1.29 is 9.21 Å². The highest BCUT2D eigenvalue weighted by Gasteiger charge is 2.30. The molecule has 0 saturated carbocycles. The second-order valence-electron chi connectivity index (χ2n) is 5.74. The average molecular weight is 316 g/mol. The second-order valence-corrected chi connectivity index (χ2v) is 7.63. The summed E-state index contributed by atoms with van der Waals surface area (Å²) in [6.45, 7) is 7.61. The van der Waals surface area contributed by atoms with E-state index in [2.05, 4.69) is 18.8 Å². The van der Waals surface area contributed by atoms with Gasteiger partial charge >= 0.3 is 0 Å². The molecule has 4 nitrogen and oxygen atoms in total. The molecule has 0 spiro atoms. The highest BCUT2D eigenvalue weighted by molar-refractivity contribution is 8.00. The molecule has 0 unspecified atom stereocenters. The minimum absolute atomic E-state index is 0.0327. The summed E-state index contributed by atoms with van der Waals surface area (Å²) >= 11 is 1.93. The van der Waals surface area contributed by atoms with Crippen molar-refractivity contribution in [2.45, 2.75) is 31.3 Å². The Hall–Kier alpha value is -1.75. The zero-order chi connectivity index (χ0) is 15.7. The van der Waals surface area contributed by atoms with E-state index in [0.717, 1.165) is 18.7 Å². The molecule has 1 saturated heterocycles. The molecule has 1 amide bonds. The van der Waals surface area contributed by atoms with Crippen LogP contribution in [0.1, 0.15) is 30.2 Å². The minimum atomic E-state index is -0.0327. The third kappa shape index (κ3) is 3.04. The van der Waals surface area contributed by atoms with Crippen LogP contribution >= 0.6 is 11.8 Å². The number of nitrogens with zero attached hydrogens (tertiary/aromatic N) is 2. The fraction of sp³-hybridized carbons (Fsp3) is 0.412. The molecule has 0 aliphatic carbocycles. The first-order valence-electron chi connectivity index (χ1n) is 7.52. The van der Waals surface area contributed by atoms with Gasteiger partial charge in [-0.3, -0.25) is 4.79 Å². The van der Waals surface area contributed by atoms with Gasteiger partial charge in [0.25, 0.3) is 5.91 Å². The molecule has 0 bridgehead atoms. The van der Waals surface area contributed by atoms with E-state index in [1.54, 1.807) is 6.92 Å². The van der Waals surface area contributed by atoms with Gasteiger partial charge in [0.2, 0.25) is 0 Å². The van der Waals surface area contributed by atoms with Crippen molar-refractivity contribution in [1.29, 1.82) is 0 Å². The standard InChI is InChI=1S/C17H20N2O2S/c1-11-9-19(10-12(2)22-11)17(20)15-16(21-13(3)18-15)14-7-5-4-6-8-14/h4-8,11-12H,9-10H2,1-3H3/t11-,12-/m0/s1. The van der Waals surface area contributed by atoms with Crippen LogP contribution < -0.4 is 0 Å². The number of aromatic nitrogens is 1. The van der Waals surface area contributed by atoms with Crippen LogP contribution in [0.4, 0.5) is 0 Å². The van der Waals surface area contributed by atoms with E-state index in [1.807, 2.05) is 47.0 Å². The van der Waals surface area contributed by atoms with Gasteiger partial charge in [-0.15, -0.1) is 0 Å². The topological polar surface area (TPSA) is 46.3 Å². The summed E-state index contributed by atoms with van der Waals surface area (Å²) in [5.74, 6) is 1.06. The van der Waals surface area contributed by atoms with E-state index in [9.17, 15) is 4.79 Å². The summed E-state index contributed by atoms with van der Waals surface area (Å²) in [6.07, 6.45) is 0. The molecule has 1 aliphatic heterocycles. The maximum atomic E-state index is 12.9.